The molecule has 4 aromatic heterocycles. The highest BCUT2D eigenvalue weighted by atomic mass is 32.1. The van der Waals surface area contributed by atoms with E-state index in [9.17, 15) is 19.8 Å². The molecule has 2 amide bonds. The van der Waals surface area contributed by atoms with Crippen molar-refractivity contribution in [2.45, 2.75) is 102 Å². The highest BCUT2D eigenvalue weighted by molar-refractivity contribution is 7.13. The van der Waals surface area contributed by atoms with E-state index >= 15 is 0 Å². The Balaban J connectivity index is 0.627. The summed E-state index contributed by atoms with van der Waals surface area (Å²) >= 11 is 1.59. The van der Waals surface area contributed by atoms with Crippen molar-refractivity contribution < 1.29 is 33.8 Å². The molecule has 75 heavy (non-hydrogen) atoms. The van der Waals surface area contributed by atoms with Gasteiger partial charge in [-0.2, -0.15) is 0 Å². The number of fused-ring (bicyclic) bond motifs is 4. The lowest BCUT2D eigenvalue weighted by atomic mass is 9.91. The van der Waals surface area contributed by atoms with Gasteiger partial charge >= 0.3 is 0 Å². The van der Waals surface area contributed by atoms with Crippen LogP contribution in [0, 0.1) is 12.8 Å². The number of phenolic OH excluding ortho intramolecular Hbond substituents is 1. The summed E-state index contributed by atoms with van der Waals surface area (Å²) in [5.41, 5.74) is 14.4. The largest absolute Gasteiger partial charge is 0.507 e. The number of aromatic nitrogens is 5. The number of nitrogens with zero attached hydrogens (tertiary/aromatic N) is 10. The van der Waals surface area contributed by atoms with Crippen LogP contribution in [0.3, 0.4) is 0 Å². The molecule has 5 saturated heterocycles. The van der Waals surface area contributed by atoms with Crippen molar-refractivity contribution in [3.8, 4) is 39.2 Å². The number of amides is 2. The average Bonchev–Trinajstić information content (AvgIpc) is 4.29. The standard InChI is InChI=1S/C55H66N12O7S/c1-32(2)51(55(71)66-30-42(68)23-46(66)54(70)59-33(3)35-9-11-36(12-10-35)52-34(4)58-31-75-52)48-25-50(62-74-48)73-20-18-64-29-40-21-41(64)28-63(40)17-19-72-49-22-37(15-16-57-49)67-38-13-14-39(67)27-65(26-38)45-24-44(60-61-53(45)56)43-7-5-6-8-47(43)69/h5-12,15-16,22,24-25,31-33,38-42,46,51,68-69H,13-14,17-21,23,26-30H2,1-4H3,(H2,56,61)(H,59,70)/t33-,38?,39?,40-,41-,42+,46-,51+/m0/s1. The molecule has 394 valence electrons. The third-order valence-electron chi connectivity index (χ3n) is 15.9. The number of anilines is 3. The minimum atomic E-state index is -0.829. The second kappa shape index (κ2) is 21.4. The Labute approximate surface area is 440 Å². The van der Waals surface area contributed by atoms with E-state index in [2.05, 4.69) is 62.4 Å². The highest BCUT2D eigenvalue weighted by Crippen LogP contribution is 2.40. The first-order valence-electron chi connectivity index (χ1n) is 26.3. The fourth-order valence-electron chi connectivity index (χ4n) is 12.1. The van der Waals surface area contributed by atoms with Crippen LogP contribution < -0.4 is 30.3 Å². The summed E-state index contributed by atoms with van der Waals surface area (Å²) in [6.45, 7) is 13.8. The van der Waals surface area contributed by atoms with Gasteiger partial charge in [0.25, 0.3) is 5.88 Å². The van der Waals surface area contributed by atoms with E-state index in [0.717, 1.165) is 91.6 Å². The van der Waals surface area contributed by atoms with Crippen molar-refractivity contribution in [2.24, 2.45) is 5.92 Å². The van der Waals surface area contributed by atoms with Crippen LogP contribution in [0.25, 0.3) is 21.7 Å². The molecule has 0 spiro atoms. The molecule has 0 saturated carbocycles. The van der Waals surface area contributed by atoms with Crippen LogP contribution in [0.4, 0.5) is 17.2 Å². The number of aliphatic hydroxyl groups is 1. The number of nitrogens with one attached hydrogen (secondary N) is 1. The monoisotopic (exact) mass is 1040 g/mol. The lowest BCUT2D eigenvalue weighted by Gasteiger charge is -2.43. The highest BCUT2D eigenvalue weighted by Gasteiger charge is 2.45. The van der Waals surface area contributed by atoms with E-state index in [1.807, 2.05) is 81.9 Å². The SMILES string of the molecule is Cc1ncsc1-c1ccc([C@H](C)NC(=O)[C@@H]2C[C@@H](O)CN2C(=O)[C@@H](c2cc(OCCN3C[C@@H]4C[C@H]3CN4CCOc3cc(N4C5CCC4CN(c4cc(-c6ccccc6O)nnc4N)C5)ccn3)no2)C(C)C)cc1. The molecule has 4 bridgehead atoms. The number of aliphatic hydroxyl groups excluding tert-OH is 1. The molecule has 5 N–H and O–H groups in total. The topological polar surface area (TPSA) is 225 Å². The zero-order valence-corrected chi connectivity index (χ0v) is 43.7. The number of nitrogen functional groups attached to an aromatic ring is 1. The zero-order chi connectivity index (χ0) is 51.9. The minimum absolute atomic E-state index is 0.0540. The van der Waals surface area contributed by atoms with Crippen molar-refractivity contribution in [3.63, 3.8) is 0 Å². The number of piperazine rings is 2. The molecule has 5 aliphatic heterocycles. The number of ether oxygens (including phenoxy) is 2. The maximum Gasteiger partial charge on any atom is 0.254 e. The van der Waals surface area contributed by atoms with Crippen LogP contribution >= 0.6 is 11.3 Å². The lowest BCUT2D eigenvalue weighted by Crippen LogP contribution is -2.54. The van der Waals surface area contributed by atoms with E-state index in [4.69, 9.17) is 19.7 Å². The Morgan fingerprint density at radius 1 is 0.853 bits per heavy atom. The van der Waals surface area contributed by atoms with Gasteiger partial charge in [-0.05, 0) is 79.6 Å². The van der Waals surface area contributed by atoms with Crippen LogP contribution in [0.15, 0.2) is 89.0 Å². The number of para-hydroxylation sites is 1. The second-order valence-corrected chi connectivity index (χ2v) is 22.0. The fourth-order valence-corrected chi connectivity index (χ4v) is 13.0. The number of carbonyl (C=O) groups excluding carboxylic acids is 2. The van der Waals surface area contributed by atoms with Crippen molar-refractivity contribution in [2.75, 3.05) is 74.6 Å². The van der Waals surface area contributed by atoms with Gasteiger partial charge in [-0.25, -0.2) is 9.97 Å². The Hall–Kier alpha value is -6.87. The van der Waals surface area contributed by atoms with Crippen LogP contribution in [0.2, 0.25) is 0 Å². The molecular weight excluding hydrogens is 973 g/mol. The molecule has 20 heteroatoms. The van der Waals surface area contributed by atoms with Gasteiger partial charge in [-0.15, -0.1) is 21.5 Å². The Kier molecular flexibility index (Phi) is 14.4. The summed E-state index contributed by atoms with van der Waals surface area (Å²) in [6, 6.07) is 23.2. The number of benzene rings is 2. The number of aromatic hydroxyl groups is 1. The third-order valence-corrected chi connectivity index (χ3v) is 16.9. The average molecular weight is 1040 g/mol. The summed E-state index contributed by atoms with van der Waals surface area (Å²) in [6.07, 6.45) is 4.39. The molecule has 5 fully saturated rings. The predicted molar refractivity (Wildman–Crippen MR) is 285 cm³/mol. The first-order valence-corrected chi connectivity index (χ1v) is 27.1. The predicted octanol–water partition coefficient (Wildman–Crippen LogP) is 5.90. The number of aryl methyl sites for hydroxylation is 1. The van der Waals surface area contributed by atoms with Crippen molar-refractivity contribution in [1.29, 1.82) is 0 Å². The van der Waals surface area contributed by atoms with E-state index in [-0.39, 0.29) is 54.6 Å². The molecule has 0 aliphatic carbocycles. The zero-order valence-electron chi connectivity index (χ0n) is 42.9. The maximum absolute atomic E-state index is 14.3. The van der Waals surface area contributed by atoms with Crippen molar-refractivity contribution >= 4 is 40.3 Å². The van der Waals surface area contributed by atoms with Gasteiger partial charge in [0.05, 0.1) is 39.6 Å². The number of carbonyl (C=O) groups is 2. The number of hydrogen-bond donors (Lipinski definition) is 4. The molecule has 6 aromatic rings. The molecule has 19 nitrogen and oxygen atoms in total. The quantitative estimate of drug-likeness (QED) is 0.0787. The van der Waals surface area contributed by atoms with Gasteiger partial charge in [-0.3, -0.25) is 19.4 Å². The number of phenols is 1. The molecule has 5 aliphatic rings. The summed E-state index contributed by atoms with van der Waals surface area (Å²) in [7, 11) is 0. The van der Waals surface area contributed by atoms with Gasteiger partial charge in [0.2, 0.25) is 17.7 Å². The molecule has 9 heterocycles. The van der Waals surface area contributed by atoms with Gasteiger partial charge in [-0.1, -0.05) is 50.2 Å². The normalized spacial score (nSPS) is 23.3. The van der Waals surface area contributed by atoms with E-state index < -0.39 is 18.1 Å². The van der Waals surface area contributed by atoms with Gasteiger partial charge in [0.1, 0.15) is 30.9 Å². The smallest absolute Gasteiger partial charge is 0.254 e. The Morgan fingerprint density at radius 2 is 1.57 bits per heavy atom. The lowest BCUT2D eigenvalue weighted by molar-refractivity contribution is -0.141. The molecule has 0 radical (unpaired) electrons. The van der Waals surface area contributed by atoms with Gasteiger partial charge in [0, 0.05) is 106 Å². The van der Waals surface area contributed by atoms with Crippen LogP contribution in [-0.2, 0) is 9.59 Å². The Bertz CT molecular complexity index is 2980. The summed E-state index contributed by atoms with van der Waals surface area (Å²) in [5, 5.41) is 37.0. The summed E-state index contributed by atoms with van der Waals surface area (Å²) in [4.78, 5) is 49.4. The molecule has 8 atom stereocenters. The fraction of sp³-hybridized carbons (Fsp3) is 0.473. The third kappa shape index (κ3) is 10.4. The number of hydrogen-bond acceptors (Lipinski definition) is 18. The van der Waals surface area contributed by atoms with Crippen LogP contribution in [0.1, 0.15) is 75.4 Å². The molecule has 2 unspecified atom stereocenters. The summed E-state index contributed by atoms with van der Waals surface area (Å²) in [5.74, 6) is 0.345. The maximum atomic E-state index is 14.3. The number of pyridine rings is 1. The first kappa shape index (κ1) is 50.3. The molecule has 2 aromatic carbocycles. The van der Waals surface area contributed by atoms with E-state index in [1.54, 1.807) is 29.5 Å². The van der Waals surface area contributed by atoms with Crippen LogP contribution in [-0.4, -0.2) is 157 Å². The number of nitrogens with two attached hydrogens (primary N) is 1. The summed E-state index contributed by atoms with van der Waals surface area (Å²) < 4.78 is 18.2. The van der Waals surface area contributed by atoms with Gasteiger partial charge < -0.3 is 50.0 Å². The number of likely N-dealkylation sites (tertiary alicyclic amines) is 3. The van der Waals surface area contributed by atoms with Crippen molar-refractivity contribution in [1.82, 2.24) is 45.3 Å². The number of rotatable bonds is 18. The van der Waals surface area contributed by atoms with Crippen LogP contribution in [0.5, 0.6) is 17.5 Å². The van der Waals surface area contributed by atoms with Crippen molar-refractivity contribution in [3.05, 3.63) is 102 Å². The van der Waals surface area contributed by atoms with Gasteiger partial charge in [0.15, 0.2) is 11.6 Å². The Morgan fingerprint density at radius 3 is 2.25 bits per heavy atom. The van der Waals surface area contributed by atoms with E-state index in [1.165, 1.54) is 4.90 Å². The minimum Gasteiger partial charge on any atom is -0.507 e. The number of β-amino-alcohol motifs (C(OH)–C–C–N with tert-alkyl or cyclic N) is 1. The molecule has 11 rings (SSSR count). The number of thiazole rings is 1. The molecular formula is C55H66N12O7S. The first-order chi connectivity index (χ1) is 36.3. The van der Waals surface area contributed by atoms with E-state index in [0.29, 0.717) is 59.9 Å². The second-order valence-electron chi connectivity index (χ2n) is 21.1.